The number of carbonyl (C=O) groups excluding carboxylic acids is 1. The highest BCUT2D eigenvalue weighted by molar-refractivity contribution is 6.33. The Bertz CT molecular complexity index is 655. The van der Waals surface area contributed by atoms with E-state index >= 15 is 0 Å². The van der Waals surface area contributed by atoms with E-state index in [2.05, 4.69) is 15.5 Å². The Morgan fingerprint density at radius 2 is 1.81 bits per heavy atom. The van der Waals surface area contributed by atoms with Crippen LogP contribution in [-0.4, -0.2) is 49.3 Å². The maximum absolute atomic E-state index is 12.6. The number of carbonyl (C=O) groups is 1. The smallest absolute Gasteiger partial charge is 0.251 e. The molecule has 1 aliphatic carbocycles. The number of halogens is 3. The fourth-order valence-electron chi connectivity index (χ4n) is 4.57. The molecule has 0 aromatic heterocycles. The van der Waals surface area contributed by atoms with Gasteiger partial charge in [0.05, 0.1) is 22.9 Å². The van der Waals surface area contributed by atoms with Crippen molar-refractivity contribution in [3.63, 3.8) is 0 Å². The number of anilines is 1. The zero-order valence-corrected chi connectivity index (χ0v) is 17.6. The summed E-state index contributed by atoms with van der Waals surface area (Å²) in [4.78, 5) is 14.9. The van der Waals surface area contributed by atoms with E-state index in [-0.39, 0.29) is 36.8 Å². The molecule has 1 aromatic rings. The van der Waals surface area contributed by atoms with Crippen LogP contribution in [-0.2, 0) is 0 Å². The van der Waals surface area contributed by atoms with Gasteiger partial charge in [0.25, 0.3) is 5.91 Å². The molecule has 0 spiro atoms. The summed E-state index contributed by atoms with van der Waals surface area (Å²) in [6, 6.07) is 5.35. The summed E-state index contributed by atoms with van der Waals surface area (Å²) in [5.74, 6) is 0.940. The maximum atomic E-state index is 12.6. The normalized spacial score (nSPS) is 29.5. The number of aliphatic hydroxyl groups excluding tert-OH is 1. The second kappa shape index (κ2) is 9.66. The molecule has 0 bridgehead atoms. The van der Waals surface area contributed by atoms with E-state index in [1.165, 1.54) is 12.8 Å². The number of rotatable bonds is 3. The molecule has 4 rings (SSSR count). The summed E-state index contributed by atoms with van der Waals surface area (Å²) in [5.41, 5.74) is 1.57. The molecule has 2 aliphatic heterocycles. The Morgan fingerprint density at radius 3 is 2.48 bits per heavy atom. The molecule has 4 atom stereocenters. The van der Waals surface area contributed by atoms with E-state index in [0.717, 1.165) is 44.7 Å². The van der Waals surface area contributed by atoms with Gasteiger partial charge in [-0.2, -0.15) is 0 Å². The van der Waals surface area contributed by atoms with Gasteiger partial charge in [-0.1, -0.05) is 11.6 Å². The van der Waals surface area contributed by atoms with Gasteiger partial charge in [0.2, 0.25) is 0 Å². The zero-order valence-electron chi connectivity index (χ0n) is 15.2. The second-order valence-electron chi connectivity index (χ2n) is 7.66. The number of hydrogen-bond acceptors (Lipinski definition) is 4. The quantitative estimate of drug-likeness (QED) is 0.682. The van der Waals surface area contributed by atoms with Crippen molar-refractivity contribution in [3.05, 3.63) is 28.8 Å². The predicted molar refractivity (Wildman–Crippen MR) is 114 cm³/mol. The van der Waals surface area contributed by atoms with Crippen LogP contribution >= 0.6 is 36.4 Å². The van der Waals surface area contributed by atoms with Crippen molar-refractivity contribution in [2.24, 2.45) is 11.8 Å². The van der Waals surface area contributed by atoms with Crippen LogP contribution in [0.1, 0.15) is 36.0 Å². The first-order chi connectivity index (χ1) is 12.1. The number of fused-ring (bicyclic) bond motifs is 1. The highest BCUT2D eigenvalue weighted by Crippen LogP contribution is 2.33. The summed E-state index contributed by atoms with van der Waals surface area (Å²) in [7, 11) is 0. The molecule has 1 saturated carbocycles. The Balaban J connectivity index is 0.00000131. The van der Waals surface area contributed by atoms with E-state index in [1.807, 2.05) is 12.1 Å². The molecule has 3 fully saturated rings. The van der Waals surface area contributed by atoms with Crippen molar-refractivity contribution in [3.8, 4) is 0 Å². The van der Waals surface area contributed by atoms with Gasteiger partial charge in [0.15, 0.2) is 0 Å². The number of amides is 1. The molecule has 3 N–H and O–H groups in total. The number of nitrogens with zero attached hydrogens (tertiary/aromatic N) is 1. The van der Waals surface area contributed by atoms with E-state index in [9.17, 15) is 9.90 Å². The fraction of sp³-hybridized carbons (Fsp3) is 0.632. The first-order valence-electron chi connectivity index (χ1n) is 9.36. The Kier molecular flexibility index (Phi) is 8.07. The van der Waals surface area contributed by atoms with Crippen molar-refractivity contribution >= 4 is 48.0 Å². The minimum atomic E-state index is -0.468. The fourth-order valence-corrected chi connectivity index (χ4v) is 4.87. The van der Waals surface area contributed by atoms with E-state index in [0.29, 0.717) is 22.4 Å². The van der Waals surface area contributed by atoms with Crippen LogP contribution in [0.3, 0.4) is 0 Å². The van der Waals surface area contributed by atoms with Gasteiger partial charge < -0.3 is 20.6 Å². The monoisotopic (exact) mass is 435 g/mol. The first-order valence-corrected chi connectivity index (χ1v) is 9.74. The largest absolute Gasteiger partial charge is 0.391 e. The van der Waals surface area contributed by atoms with Crippen LogP contribution in [0.25, 0.3) is 0 Å². The maximum Gasteiger partial charge on any atom is 0.251 e. The lowest BCUT2D eigenvalue weighted by atomic mass is 9.77. The molecule has 0 unspecified atom stereocenters. The molecule has 2 saturated heterocycles. The Labute approximate surface area is 178 Å². The third-order valence-corrected chi connectivity index (χ3v) is 6.32. The van der Waals surface area contributed by atoms with Crippen molar-refractivity contribution in [2.75, 3.05) is 31.1 Å². The van der Waals surface area contributed by atoms with Gasteiger partial charge >= 0.3 is 0 Å². The third kappa shape index (κ3) is 4.83. The van der Waals surface area contributed by atoms with Crippen LogP contribution in [0.5, 0.6) is 0 Å². The minimum absolute atomic E-state index is 0. The molecular formula is C19H28Cl3N3O2. The average Bonchev–Trinajstić information content (AvgIpc) is 3.26. The molecule has 1 aromatic carbocycles. The van der Waals surface area contributed by atoms with Gasteiger partial charge in [-0.05, 0) is 68.8 Å². The summed E-state index contributed by atoms with van der Waals surface area (Å²) in [6.45, 7) is 4.02. The Morgan fingerprint density at radius 1 is 1.15 bits per heavy atom. The summed E-state index contributed by atoms with van der Waals surface area (Å²) < 4.78 is 0. The van der Waals surface area contributed by atoms with Gasteiger partial charge in [0.1, 0.15) is 0 Å². The van der Waals surface area contributed by atoms with Crippen LogP contribution < -0.4 is 15.5 Å². The number of aliphatic hydroxyl groups is 1. The summed E-state index contributed by atoms with van der Waals surface area (Å²) >= 11 is 6.42. The van der Waals surface area contributed by atoms with Crippen LogP contribution in [0.15, 0.2) is 18.2 Å². The number of hydrogen-bond donors (Lipinski definition) is 3. The number of nitrogens with one attached hydrogen (secondary N) is 2. The zero-order chi connectivity index (χ0) is 17.4. The second-order valence-corrected chi connectivity index (χ2v) is 8.06. The summed E-state index contributed by atoms with van der Waals surface area (Å²) in [6.07, 6.45) is 3.51. The molecule has 27 heavy (non-hydrogen) atoms. The summed E-state index contributed by atoms with van der Waals surface area (Å²) in [5, 5.41) is 17.4. The molecule has 8 heteroatoms. The van der Waals surface area contributed by atoms with Gasteiger partial charge in [-0.3, -0.25) is 4.79 Å². The molecule has 1 amide bonds. The van der Waals surface area contributed by atoms with Gasteiger partial charge in [-0.25, -0.2) is 0 Å². The lowest BCUT2D eigenvalue weighted by Gasteiger charge is -2.35. The highest BCUT2D eigenvalue weighted by Gasteiger charge is 2.39. The van der Waals surface area contributed by atoms with Crippen molar-refractivity contribution in [1.82, 2.24) is 10.6 Å². The lowest BCUT2D eigenvalue weighted by molar-refractivity contribution is 0.0462. The molecule has 3 aliphatic rings. The highest BCUT2D eigenvalue weighted by atomic mass is 35.5. The Hall–Kier alpha value is -0.720. The topological polar surface area (TPSA) is 64.6 Å². The molecular weight excluding hydrogens is 409 g/mol. The van der Waals surface area contributed by atoms with E-state index < -0.39 is 6.10 Å². The average molecular weight is 437 g/mol. The predicted octanol–water partition coefficient (Wildman–Crippen LogP) is 2.87. The van der Waals surface area contributed by atoms with E-state index in [4.69, 9.17) is 11.6 Å². The lowest BCUT2D eigenvalue weighted by Crippen LogP contribution is -2.49. The molecule has 152 valence electrons. The van der Waals surface area contributed by atoms with Gasteiger partial charge in [0, 0.05) is 18.7 Å². The van der Waals surface area contributed by atoms with Crippen molar-refractivity contribution in [2.45, 2.75) is 37.8 Å². The standard InChI is InChI=1S/C19H26ClN3O2.2ClH/c20-15-7-12(3-4-17(15)23-5-1-2-6-23)19(25)22-16-8-13-10-21-11-14(13)9-18(16)24;;/h3-4,7,13-14,16,18,21,24H,1-2,5-6,8-11H2,(H,22,25);2*1H/t13-,14+,16-,18-;;/m0../s1. The van der Waals surface area contributed by atoms with Crippen LogP contribution in [0.2, 0.25) is 5.02 Å². The first kappa shape index (κ1) is 22.6. The molecule has 2 heterocycles. The van der Waals surface area contributed by atoms with E-state index in [1.54, 1.807) is 6.07 Å². The van der Waals surface area contributed by atoms with Crippen molar-refractivity contribution < 1.29 is 9.90 Å². The van der Waals surface area contributed by atoms with Crippen molar-refractivity contribution in [1.29, 1.82) is 0 Å². The van der Waals surface area contributed by atoms with Gasteiger partial charge in [-0.15, -0.1) is 24.8 Å². The SMILES string of the molecule is Cl.Cl.O=C(N[C@H]1C[C@H]2CNC[C@H]2C[C@@H]1O)c1ccc(N2CCCC2)c(Cl)c1. The third-order valence-electron chi connectivity index (χ3n) is 6.02. The van der Waals surface area contributed by atoms with Crippen LogP contribution in [0.4, 0.5) is 5.69 Å². The number of benzene rings is 1. The molecule has 5 nitrogen and oxygen atoms in total. The molecule has 0 radical (unpaired) electrons. The van der Waals surface area contributed by atoms with Crippen LogP contribution in [0, 0.1) is 11.8 Å². The minimum Gasteiger partial charge on any atom is -0.391 e.